The molecule has 1 amide bonds. The summed E-state index contributed by atoms with van der Waals surface area (Å²) in [5.41, 5.74) is 2.03. The average Bonchev–Trinajstić information content (AvgIpc) is 2.77. The Hall–Kier alpha value is -1.26. The van der Waals surface area contributed by atoms with Crippen molar-refractivity contribution in [3.8, 4) is 0 Å². The second-order valence-corrected chi connectivity index (χ2v) is 5.06. The zero-order valence-corrected chi connectivity index (χ0v) is 11.1. The maximum absolute atomic E-state index is 12.0. The third-order valence-corrected chi connectivity index (χ3v) is 3.82. The van der Waals surface area contributed by atoms with Gasteiger partial charge in [0.05, 0.1) is 4.88 Å². The maximum atomic E-state index is 12.0. The molecule has 0 saturated carbocycles. The number of nitrogens with one attached hydrogen (secondary N) is 1. The molecule has 0 unspecified atom stereocenters. The van der Waals surface area contributed by atoms with Gasteiger partial charge in [0, 0.05) is 16.0 Å². The lowest BCUT2D eigenvalue weighted by Crippen LogP contribution is -2.11. The van der Waals surface area contributed by atoms with Crippen molar-refractivity contribution in [3.05, 3.63) is 46.2 Å². The van der Waals surface area contributed by atoms with Gasteiger partial charge in [-0.15, -0.1) is 24.0 Å². The fourth-order valence-electron chi connectivity index (χ4n) is 1.58. The largest absolute Gasteiger partial charge is 0.321 e. The molecule has 0 saturated heterocycles. The van der Waals surface area contributed by atoms with E-state index < -0.39 is 0 Å². The average molecular weight is 263 g/mol. The highest BCUT2D eigenvalue weighted by Gasteiger charge is 2.09. The van der Waals surface area contributed by atoms with Gasteiger partial charge in [0.2, 0.25) is 0 Å². The highest BCUT2D eigenvalue weighted by atomic mass is 32.1. The number of aryl methyl sites for hydroxylation is 1. The monoisotopic (exact) mass is 263 g/mol. The van der Waals surface area contributed by atoms with E-state index in [1.54, 1.807) is 6.07 Å². The minimum Gasteiger partial charge on any atom is -0.321 e. The number of hydrogen-bond acceptors (Lipinski definition) is 3. The van der Waals surface area contributed by atoms with Gasteiger partial charge in [0.15, 0.2) is 0 Å². The third kappa shape index (κ3) is 2.90. The van der Waals surface area contributed by atoms with Gasteiger partial charge in [-0.2, -0.15) is 0 Å². The Morgan fingerprint density at radius 3 is 2.82 bits per heavy atom. The van der Waals surface area contributed by atoms with E-state index in [9.17, 15) is 4.79 Å². The first-order valence-corrected chi connectivity index (χ1v) is 6.70. The molecule has 0 atom stereocenters. The summed E-state index contributed by atoms with van der Waals surface area (Å²) in [6.07, 6.45) is 0.901. The van der Waals surface area contributed by atoms with Crippen LogP contribution >= 0.6 is 24.0 Å². The maximum Gasteiger partial charge on any atom is 0.265 e. The number of carbonyl (C=O) groups excluding carboxylic acids is 1. The summed E-state index contributed by atoms with van der Waals surface area (Å²) in [6, 6.07) is 9.62. The highest BCUT2D eigenvalue weighted by molar-refractivity contribution is 7.80. The fraction of sp³-hybridized carbons (Fsp3) is 0.154. The van der Waals surface area contributed by atoms with E-state index >= 15 is 0 Å². The van der Waals surface area contributed by atoms with Gasteiger partial charge in [0.25, 0.3) is 5.91 Å². The zero-order valence-electron chi connectivity index (χ0n) is 9.43. The summed E-state index contributed by atoms with van der Waals surface area (Å²) >= 11 is 5.60. The minimum atomic E-state index is -0.0730. The number of rotatable bonds is 3. The van der Waals surface area contributed by atoms with Crippen LogP contribution in [-0.2, 0) is 6.42 Å². The van der Waals surface area contributed by atoms with Gasteiger partial charge in [0.1, 0.15) is 0 Å². The van der Waals surface area contributed by atoms with E-state index in [4.69, 9.17) is 0 Å². The lowest BCUT2D eigenvalue weighted by molar-refractivity contribution is 0.103. The Labute approximate surface area is 110 Å². The van der Waals surface area contributed by atoms with Crippen LogP contribution in [0.4, 0.5) is 5.69 Å². The molecule has 88 valence electrons. The molecular weight excluding hydrogens is 250 g/mol. The standard InChI is InChI=1S/C13H13NOS2/c1-2-9-5-3-4-6-11(9)14-13(15)12-7-10(16)8-17-12/h3-8,16H,2H2,1H3,(H,14,15). The molecule has 0 spiro atoms. The van der Waals surface area contributed by atoms with Crippen LogP contribution in [0.3, 0.4) is 0 Å². The SMILES string of the molecule is CCc1ccccc1NC(=O)c1cc(S)cs1. The molecule has 0 bridgehead atoms. The van der Waals surface area contributed by atoms with Crippen LogP contribution in [0.1, 0.15) is 22.2 Å². The van der Waals surface area contributed by atoms with Crippen molar-refractivity contribution in [2.75, 3.05) is 5.32 Å². The highest BCUT2D eigenvalue weighted by Crippen LogP contribution is 2.21. The number of anilines is 1. The first-order valence-electron chi connectivity index (χ1n) is 5.37. The van der Waals surface area contributed by atoms with E-state index in [1.165, 1.54) is 11.3 Å². The first-order chi connectivity index (χ1) is 8.20. The molecule has 0 radical (unpaired) electrons. The van der Waals surface area contributed by atoms with Crippen molar-refractivity contribution in [1.29, 1.82) is 0 Å². The molecule has 1 N–H and O–H groups in total. The predicted octanol–water partition coefficient (Wildman–Crippen LogP) is 3.85. The number of thiophene rings is 1. The first kappa shape index (κ1) is 12.2. The van der Waals surface area contributed by atoms with Crippen LogP contribution in [0, 0.1) is 0 Å². The summed E-state index contributed by atoms with van der Waals surface area (Å²) in [5.74, 6) is -0.0730. The summed E-state index contributed by atoms with van der Waals surface area (Å²) in [6.45, 7) is 2.07. The summed E-state index contributed by atoms with van der Waals surface area (Å²) in [4.78, 5) is 13.5. The third-order valence-electron chi connectivity index (χ3n) is 2.46. The van der Waals surface area contributed by atoms with Gasteiger partial charge < -0.3 is 5.32 Å². The number of hydrogen-bond donors (Lipinski definition) is 2. The Balaban J connectivity index is 2.18. The molecule has 17 heavy (non-hydrogen) atoms. The molecule has 1 aromatic carbocycles. The number of thiol groups is 1. The summed E-state index contributed by atoms with van der Waals surface area (Å²) < 4.78 is 0. The van der Waals surface area contributed by atoms with Crippen LogP contribution in [-0.4, -0.2) is 5.91 Å². The topological polar surface area (TPSA) is 29.1 Å². The van der Waals surface area contributed by atoms with Crippen LogP contribution in [0.5, 0.6) is 0 Å². The van der Waals surface area contributed by atoms with Crippen LogP contribution in [0.25, 0.3) is 0 Å². The lowest BCUT2D eigenvalue weighted by atomic mass is 10.1. The van der Waals surface area contributed by atoms with Crippen LogP contribution in [0.15, 0.2) is 40.6 Å². The van der Waals surface area contributed by atoms with Gasteiger partial charge in [-0.05, 0) is 24.1 Å². The number of para-hydroxylation sites is 1. The van der Waals surface area contributed by atoms with Crippen molar-refractivity contribution >= 4 is 35.6 Å². The fourth-order valence-corrected chi connectivity index (χ4v) is 2.62. The molecule has 2 rings (SSSR count). The van der Waals surface area contributed by atoms with E-state index in [2.05, 4.69) is 24.9 Å². The second kappa shape index (κ2) is 5.38. The summed E-state index contributed by atoms with van der Waals surface area (Å²) in [5, 5.41) is 4.78. The van der Waals surface area contributed by atoms with E-state index in [-0.39, 0.29) is 5.91 Å². The van der Waals surface area contributed by atoms with Gasteiger partial charge in [-0.3, -0.25) is 4.79 Å². The van der Waals surface area contributed by atoms with Gasteiger partial charge in [-0.25, -0.2) is 0 Å². The predicted molar refractivity (Wildman–Crippen MR) is 75.3 cm³/mol. The number of carbonyl (C=O) groups is 1. The van der Waals surface area contributed by atoms with Gasteiger partial charge >= 0.3 is 0 Å². The number of amides is 1. The molecule has 2 aromatic rings. The van der Waals surface area contributed by atoms with Crippen molar-refractivity contribution in [2.24, 2.45) is 0 Å². The van der Waals surface area contributed by atoms with Crippen molar-refractivity contribution < 1.29 is 4.79 Å². The van der Waals surface area contributed by atoms with Crippen molar-refractivity contribution in [1.82, 2.24) is 0 Å². The lowest BCUT2D eigenvalue weighted by Gasteiger charge is -2.08. The number of benzene rings is 1. The second-order valence-electron chi connectivity index (χ2n) is 3.63. The molecule has 4 heteroatoms. The molecule has 0 aliphatic heterocycles. The Bertz CT molecular complexity index is 534. The van der Waals surface area contributed by atoms with Crippen molar-refractivity contribution in [3.63, 3.8) is 0 Å². The summed E-state index contributed by atoms with van der Waals surface area (Å²) in [7, 11) is 0. The molecule has 2 nitrogen and oxygen atoms in total. The van der Waals surface area contributed by atoms with E-state index in [0.29, 0.717) is 4.88 Å². The van der Waals surface area contributed by atoms with Crippen LogP contribution < -0.4 is 5.32 Å². The molecule has 0 fully saturated rings. The Morgan fingerprint density at radius 1 is 1.41 bits per heavy atom. The zero-order chi connectivity index (χ0) is 12.3. The molecule has 1 aromatic heterocycles. The van der Waals surface area contributed by atoms with Gasteiger partial charge in [-0.1, -0.05) is 25.1 Å². The van der Waals surface area contributed by atoms with E-state index in [1.807, 2.05) is 29.6 Å². The van der Waals surface area contributed by atoms with Crippen molar-refractivity contribution in [2.45, 2.75) is 18.2 Å². The van der Waals surface area contributed by atoms with Crippen LogP contribution in [0.2, 0.25) is 0 Å². The molecule has 0 aliphatic rings. The Morgan fingerprint density at radius 2 is 2.18 bits per heavy atom. The molecular formula is C13H13NOS2. The Kier molecular flexibility index (Phi) is 3.86. The normalized spacial score (nSPS) is 10.2. The molecule has 0 aliphatic carbocycles. The van der Waals surface area contributed by atoms with E-state index in [0.717, 1.165) is 22.6 Å². The molecule has 1 heterocycles. The smallest absolute Gasteiger partial charge is 0.265 e. The minimum absolute atomic E-state index is 0.0730. The quantitative estimate of drug-likeness (QED) is 0.809.